The van der Waals surface area contributed by atoms with E-state index in [0.717, 1.165) is 29.0 Å². The fraction of sp³-hybridized carbons (Fsp3) is 0.353. The minimum Gasteiger partial charge on any atom is -0.326 e. The lowest BCUT2D eigenvalue weighted by Crippen LogP contribution is -2.27. The van der Waals surface area contributed by atoms with Gasteiger partial charge in [0.2, 0.25) is 5.91 Å². The third-order valence-corrected chi connectivity index (χ3v) is 7.50. The molecule has 2 aromatic rings. The summed E-state index contributed by atoms with van der Waals surface area (Å²) in [4.78, 5) is 12.9. The molecule has 1 amide bonds. The number of thiophene rings is 1. The molecule has 0 spiro atoms. The number of nitrogens with one attached hydrogen (secondary N) is 1. The molecule has 3 rings (SSSR count). The van der Waals surface area contributed by atoms with E-state index in [-0.39, 0.29) is 12.3 Å². The monoisotopic (exact) mass is 364 g/mol. The average molecular weight is 364 g/mol. The van der Waals surface area contributed by atoms with Gasteiger partial charge >= 0.3 is 0 Å². The van der Waals surface area contributed by atoms with E-state index in [1.807, 2.05) is 31.2 Å². The summed E-state index contributed by atoms with van der Waals surface area (Å²) in [5.74, 6) is -0.142. The summed E-state index contributed by atoms with van der Waals surface area (Å²) in [6, 6.07) is 10.9. The number of rotatable bonds is 5. The maximum atomic E-state index is 12.5. The maximum Gasteiger partial charge on any atom is 0.252 e. The summed E-state index contributed by atoms with van der Waals surface area (Å²) >= 11 is 1.18. The lowest BCUT2D eigenvalue weighted by molar-refractivity contribution is -0.115. The Balaban J connectivity index is 1.68. The van der Waals surface area contributed by atoms with Crippen LogP contribution in [0.25, 0.3) is 0 Å². The molecule has 1 saturated heterocycles. The van der Waals surface area contributed by atoms with Crippen molar-refractivity contribution >= 4 is 33.0 Å². The molecule has 24 heavy (non-hydrogen) atoms. The Labute approximate surface area is 146 Å². The molecule has 0 aliphatic carbocycles. The molecule has 2 heterocycles. The molecule has 0 radical (unpaired) electrons. The molecule has 0 bridgehead atoms. The molecular weight excluding hydrogens is 344 g/mol. The summed E-state index contributed by atoms with van der Waals surface area (Å²) in [6.45, 7) is 3.11. The number of sulfonamides is 1. The number of benzene rings is 1. The number of anilines is 1. The van der Waals surface area contributed by atoms with Crippen LogP contribution in [0.5, 0.6) is 0 Å². The Morgan fingerprint density at radius 3 is 2.58 bits per heavy atom. The van der Waals surface area contributed by atoms with Crippen molar-refractivity contribution in [3.05, 3.63) is 46.8 Å². The highest BCUT2D eigenvalue weighted by Crippen LogP contribution is 2.27. The van der Waals surface area contributed by atoms with Crippen LogP contribution in [-0.2, 0) is 21.2 Å². The zero-order valence-electron chi connectivity index (χ0n) is 13.5. The third kappa shape index (κ3) is 3.68. The van der Waals surface area contributed by atoms with Gasteiger partial charge in [-0.1, -0.05) is 18.2 Å². The molecule has 1 aromatic heterocycles. The van der Waals surface area contributed by atoms with Crippen molar-refractivity contribution < 1.29 is 13.2 Å². The van der Waals surface area contributed by atoms with Crippen molar-refractivity contribution in [3.8, 4) is 0 Å². The second kappa shape index (κ2) is 7.04. The highest BCUT2D eigenvalue weighted by atomic mass is 32.2. The normalized spacial score (nSPS) is 15.5. The quantitative estimate of drug-likeness (QED) is 0.887. The van der Waals surface area contributed by atoms with Gasteiger partial charge in [-0.3, -0.25) is 4.79 Å². The Kier molecular flexibility index (Phi) is 5.03. The maximum absolute atomic E-state index is 12.5. The molecule has 1 aromatic carbocycles. The van der Waals surface area contributed by atoms with Gasteiger partial charge in [-0.25, -0.2) is 8.42 Å². The Morgan fingerprint density at radius 1 is 1.17 bits per heavy atom. The van der Waals surface area contributed by atoms with Crippen molar-refractivity contribution in [2.75, 3.05) is 18.4 Å². The molecule has 0 atom stereocenters. The topological polar surface area (TPSA) is 66.5 Å². The third-order valence-electron chi connectivity index (χ3n) is 4.05. The molecule has 1 aliphatic heterocycles. The highest BCUT2D eigenvalue weighted by molar-refractivity contribution is 7.91. The van der Waals surface area contributed by atoms with Crippen molar-refractivity contribution in [2.24, 2.45) is 0 Å². The standard InChI is InChI=1S/C17H20N2O3S2/c1-13-6-2-3-7-15(13)18-16(20)12-14-8-9-17(23-14)24(21,22)19-10-4-5-11-19/h2-3,6-9H,4-5,10-12H2,1H3,(H,18,20). The Bertz CT molecular complexity index is 837. The summed E-state index contributed by atoms with van der Waals surface area (Å²) in [6.07, 6.45) is 2.00. The first-order valence-electron chi connectivity index (χ1n) is 7.91. The molecule has 1 fully saturated rings. The van der Waals surface area contributed by atoms with Gasteiger partial charge in [0.1, 0.15) is 4.21 Å². The molecule has 128 valence electrons. The number of nitrogens with zero attached hydrogens (tertiary/aromatic N) is 1. The Hall–Kier alpha value is -1.70. The van der Waals surface area contributed by atoms with E-state index in [2.05, 4.69) is 5.32 Å². The van der Waals surface area contributed by atoms with E-state index < -0.39 is 10.0 Å². The van der Waals surface area contributed by atoms with Gasteiger partial charge in [0.25, 0.3) is 10.0 Å². The van der Waals surface area contributed by atoms with Crippen LogP contribution in [0.2, 0.25) is 0 Å². The minimum atomic E-state index is -3.40. The van der Waals surface area contributed by atoms with Gasteiger partial charge in [0, 0.05) is 23.7 Å². The first-order valence-corrected chi connectivity index (χ1v) is 10.2. The summed E-state index contributed by atoms with van der Waals surface area (Å²) in [7, 11) is -3.40. The van der Waals surface area contributed by atoms with Crippen LogP contribution < -0.4 is 5.32 Å². The molecule has 1 aliphatic rings. The van der Waals surface area contributed by atoms with Crippen LogP contribution in [0.1, 0.15) is 23.3 Å². The predicted octanol–water partition coefficient (Wildman–Crippen LogP) is 3.02. The fourth-order valence-corrected chi connectivity index (χ4v) is 5.74. The number of amides is 1. The van der Waals surface area contributed by atoms with Crippen molar-refractivity contribution in [1.82, 2.24) is 4.31 Å². The van der Waals surface area contributed by atoms with Gasteiger partial charge in [-0.05, 0) is 43.5 Å². The number of aryl methyl sites for hydroxylation is 1. The smallest absolute Gasteiger partial charge is 0.252 e. The van der Waals surface area contributed by atoms with E-state index in [0.29, 0.717) is 17.3 Å². The minimum absolute atomic E-state index is 0.142. The lowest BCUT2D eigenvalue weighted by Gasteiger charge is -2.13. The zero-order chi connectivity index (χ0) is 17.2. The highest BCUT2D eigenvalue weighted by Gasteiger charge is 2.28. The van der Waals surface area contributed by atoms with Crippen molar-refractivity contribution in [3.63, 3.8) is 0 Å². The average Bonchev–Trinajstić information content (AvgIpc) is 3.21. The second-order valence-corrected chi connectivity index (χ2v) is 9.20. The predicted molar refractivity (Wildman–Crippen MR) is 95.8 cm³/mol. The molecule has 7 heteroatoms. The molecule has 1 N–H and O–H groups in total. The number of para-hydroxylation sites is 1. The van der Waals surface area contributed by atoms with Gasteiger partial charge in [-0.2, -0.15) is 4.31 Å². The zero-order valence-corrected chi connectivity index (χ0v) is 15.1. The number of carbonyl (C=O) groups is 1. The Morgan fingerprint density at radius 2 is 1.88 bits per heavy atom. The van der Waals surface area contributed by atoms with Crippen LogP contribution in [0.3, 0.4) is 0 Å². The van der Waals surface area contributed by atoms with Gasteiger partial charge in [0.05, 0.1) is 6.42 Å². The van der Waals surface area contributed by atoms with E-state index in [9.17, 15) is 13.2 Å². The van der Waals surface area contributed by atoms with Crippen LogP contribution in [0.15, 0.2) is 40.6 Å². The van der Waals surface area contributed by atoms with Crippen LogP contribution in [-0.4, -0.2) is 31.7 Å². The van der Waals surface area contributed by atoms with Crippen LogP contribution >= 0.6 is 11.3 Å². The van der Waals surface area contributed by atoms with E-state index >= 15 is 0 Å². The molecule has 5 nitrogen and oxygen atoms in total. The second-order valence-electron chi connectivity index (χ2n) is 5.87. The fourth-order valence-electron chi connectivity index (χ4n) is 2.71. The lowest BCUT2D eigenvalue weighted by atomic mass is 10.2. The van der Waals surface area contributed by atoms with Crippen LogP contribution in [0.4, 0.5) is 5.69 Å². The van der Waals surface area contributed by atoms with E-state index in [1.165, 1.54) is 15.6 Å². The summed E-state index contributed by atoms with van der Waals surface area (Å²) in [5, 5.41) is 2.87. The largest absolute Gasteiger partial charge is 0.326 e. The number of hydrogen-bond acceptors (Lipinski definition) is 4. The summed E-state index contributed by atoms with van der Waals surface area (Å²) < 4.78 is 26.9. The number of hydrogen-bond donors (Lipinski definition) is 1. The first-order chi connectivity index (χ1) is 11.5. The van der Waals surface area contributed by atoms with E-state index in [4.69, 9.17) is 0 Å². The van der Waals surface area contributed by atoms with Crippen molar-refractivity contribution in [1.29, 1.82) is 0 Å². The first kappa shape index (κ1) is 17.1. The number of carbonyl (C=O) groups excluding carboxylic acids is 1. The van der Waals surface area contributed by atoms with Gasteiger partial charge in [-0.15, -0.1) is 11.3 Å². The SMILES string of the molecule is Cc1ccccc1NC(=O)Cc1ccc(S(=O)(=O)N2CCCC2)s1. The van der Waals surface area contributed by atoms with Crippen LogP contribution in [0, 0.1) is 6.92 Å². The summed E-state index contributed by atoms with van der Waals surface area (Å²) in [5.41, 5.74) is 1.78. The van der Waals surface area contributed by atoms with E-state index in [1.54, 1.807) is 12.1 Å². The molecule has 0 saturated carbocycles. The molecule has 0 unspecified atom stereocenters. The molecular formula is C17H20N2O3S2. The van der Waals surface area contributed by atoms with Gasteiger partial charge < -0.3 is 5.32 Å². The van der Waals surface area contributed by atoms with Gasteiger partial charge in [0.15, 0.2) is 0 Å². The van der Waals surface area contributed by atoms with Crippen molar-refractivity contribution in [2.45, 2.75) is 30.4 Å².